The lowest BCUT2D eigenvalue weighted by atomic mass is 9.85. The van der Waals surface area contributed by atoms with Gasteiger partial charge in [0.2, 0.25) is 5.91 Å². The number of rotatable bonds is 4. The van der Waals surface area contributed by atoms with Crippen molar-refractivity contribution >= 4 is 50.9 Å². The van der Waals surface area contributed by atoms with Gasteiger partial charge < -0.3 is 16.2 Å². The lowest BCUT2D eigenvalue weighted by molar-refractivity contribution is -0.133. The van der Waals surface area contributed by atoms with Crippen molar-refractivity contribution in [3.8, 4) is 11.1 Å². The van der Waals surface area contributed by atoms with E-state index in [1.807, 2.05) is 50.4 Å². The first kappa shape index (κ1) is 20.5. The van der Waals surface area contributed by atoms with E-state index in [-0.39, 0.29) is 5.91 Å². The maximum atomic E-state index is 11.7. The highest BCUT2D eigenvalue weighted by molar-refractivity contribution is 7.18. The number of hydrogen-bond donors (Lipinski definition) is 3. The highest BCUT2D eigenvalue weighted by atomic mass is 32.1. The smallest absolute Gasteiger partial charge is 0.332 e. The standard InChI is InChI=1S/C22H23N3O3S/c1-12(26)25-15-7-5-13(6-8-15)16-11-29-19-14(10-24-20(23)18(16)19)9-17(21(27)28)22(2,3)4/h5-11H,1-4H3,(H2,23,24)(H,25,26)(H,27,28)/b17-9-. The number of carboxylic acid groups (broad SMARTS) is 1. The summed E-state index contributed by atoms with van der Waals surface area (Å²) >= 11 is 1.50. The zero-order valence-electron chi connectivity index (χ0n) is 16.7. The van der Waals surface area contributed by atoms with Gasteiger partial charge in [-0.2, -0.15) is 0 Å². The largest absolute Gasteiger partial charge is 0.478 e. The molecule has 0 aliphatic carbocycles. The average Bonchev–Trinajstić information content (AvgIpc) is 3.06. The molecule has 1 aromatic carbocycles. The monoisotopic (exact) mass is 409 g/mol. The summed E-state index contributed by atoms with van der Waals surface area (Å²) in [6.45, 7) is 7.06. The molecule has 0 bridgehead atoms. The van der Waals surface area contributed by atoms with Crippen LogP contribution in [-0.2, 0) is 9.59 Å². The Balaban J connectivity index is 2.13. The number of amides is 1. The van der Waals surface area contributed by atoms with E-state index in [9.17, 15) is 14.7 Å². The number of fused-ring (bicyclic) bond motifs is 1. The Labute approximate surface area is 173 Å². The Kier molecular flexibility index (Phi) is 5.44. The van der Waals surface area contributed by atoms with Gasteiger partial charge in [0.25, 0.3) is 0 Å². The van der Waals surface area contributed by atoms with Crippen LogP contribution in [0.25, 0.3) is 27.3 Å². The number of anilines is 2. The summed E-state index contributed by atoms with van der Waals surface area (Å²) in [7, 11) is 0. The first-order chi connectivity index (χ1) is 13.6. The van der Waals surface area contributed by atoms with Crippen molar-refractivity contribution in [2.75, 3.05) is 11.1 Å². The second-order valence-corrected chi connectivity index (χ2v) is 8.70. The van der Waals surface area contributed by atoms with Gasteiger partial charge >= 0.3 is 5.97 Å². The first-order valence-electron chi connectivity index (χ1n) is 9.07. The van der Waals surface area contributed by atoms with Gasteiger partial charge in [0.05, 0.1) is 0 Å². The Hall–Kier alpha value is -3.19. The molecule has 0 saturated heterocycles. The number of nitrogens with two attached hydrogens (primary N) is 1. The fourth-order valence-electron chi connectivity index (χ4n) is 3.09. The number of hydrogen-bond acceptors (Lipinski definition) is 5. The molecule has 3 rings (SSSR count). The van der Waals surface area contributed by atoms with Gasteiger partial charge in [-0.05, 0) is 34.6 Å². The molecule has 4 N–H and O–H groups in total. The molecule has 2 heterocycles. The number of nitrogen functional groups attached to an aromatic ring is 1. The molecule has 0 fully saturated rings. The van der Waals surface area contributed by atoms with E-state index < -0.39 is 11.4 Å². The molecule has 6 nitrogen and oxygen atoms in total. The quantitative estimate of drug-likeness (QED) is 0.525. The number of carboxylic acids is 1. The van der Waals surface area contributed by atoms with Crippen LogP contribution in [-0.4, -0.2) is 22.0 Å². The van der Waals surface area contributed by atoms with E-state index in [4.69, 9.17) is 5.73 Å². The average molecular weight is 410 g/mol. The number of carbonyl (C=O) groups excluding carboxylic acids is 1. The molecule has 0 aliphatic rings. The molecule has 0 atom stereocenters. The third kappa shape index (κ3) is 4.30. The second kappa shape index (κ2) is 7.67. The number of nitrogens with one attached hydrogen (secondary N) is 1. The third-order valence-electron chi connectivity index (χ3n) is 4.51. The van der Waals surface area contributed by atoms with Crippen LogP contribution in [0.1, 0.15) is 33.3 Å². The molecule has 0 aliphatic heterocycles. The van der Waals surface area contributed by atoms with Crippen LogP contribution in [0, 0.1) is 5.41 Å². The topological polar surface area (TPSA) is 105 Å². The van der Waals surface area contributed by atoms with Gasteiger partial charge in [0.15, 0.2) is 0 Å². The Bertz CT molecular complexity index is 1120. The Morgan fingerprint density at radius 3 is 2.41 bits per heavy atom. The van der Waals surface area contributed by atoms with Crippen LogP contribution in [0.4, 0.5) is 11.5 Å². The number of thiophene rings is 1. The fraction of sp³-hybridized carbons (Fsp3) is 0.227. The molecule has 0 unspecified atom stereocenters. The molecule has 1 amide bonds. The van der Waals surface area contributed by atoms with Gasteiger partial charge in [-0.25, -0.2) is 9.78 Å². The molecule has 7 heteroatoms. The van der Waals surface area contributed by atoms with Crippen LogP contribution in [0.2, 0.25) is 0 Å². The van der Waals surface area contributed by atoms with Gasteiger partial charge in [0, 0.05) is 45.6 Å². The van der Waals surface area contributed by atoms with Crippen LogP contribution < -0.4 is 11.1 Å². The van der Waals surface area contributed by atoms with Crippen LogP contribution >= 0.6 is 11.3 Å². The summed E-state index contributed by atoms with van der Waals surface area (Å²) in [6.07, 6.45) is 3.30. The van der Waals surface area contributed by atoms with Crippen molar-refractivity contribution in [2.24, 2.45) is 5.41 Å². The summed E-state index contributed by atoms with van der Waals surface area (Å²) < 4.78 is 0.890. The molecule has 0 saturated carbocycles. The van der Waals surface area contributed by atoms with Gasteiger partial charge in [-0.1, -0.05) is 32.9 Å². The van der Waals surface area contributed by atoms with Crippen molar-refractivity contribution < 1.29 is 14.7 Å². The summed E-state index contributed by atoms with van der Waals surface area (Å²) in [4.78, 5) is 27.3. The predicted octanol–water partition coefficient (Wildman–Crippen LogP) is 5.02. The highest BCUT2D eigenvalue weighted by Gasteiger charge is 2.24. The van der Waals surface area contributed by atoms with Crippen LogP contribution in [0.5, 0.6) is 0 Å². The van der Waals surface area contributed by atoms with Gasteiger partial charge in [0.1, 0.15) is 5.82 Å². The molecule has 29 heavy (non-hydrogen) atoms. The minimum Gasteiger partial charge on any atom is -0.478 e. The van der Waals surface area contributed by atoms with E-state index in [1.54, 1.807) is 12.3 Å². The number of nitrogens with zero attached hydrogens (tertiary/aromatic N) is 1. The minimum atomic E-state index is -0.951. The number of pyridine rings is 1. The fourth-order valence-corrected chi connectivity index (χ4v) is 4.16. The number of benzene rings is 1. The zero-order chi connectivity index (χ0) is 21.3. The van der Waals surface area contributed by atoms with Crippen LogP contribution in [0.3, 0.4) is 0 Å². The molecule has 0 spiro atoms. The van der Waals surface area contributed by atoms with E-state index >= 15 is 0 Å². The number of aliphatic carboxylic acids is 1. The summed E-state index contributed by atoms with van der Waals surface area (Å²) in [5, 5.41) is 15.2. The molecule has 0 radical (unpaired) electrons. The summed E-state index contributed by atoms with van der Waals surface area (Å²) in [6, 6.07) is 7.48. The molecular weight excluding hydrogens is 386 g/mol. The lowest BCUT2D eigenvalue weighted by Crippen LogP contribution is -2.17. The van der Waals surface area contributed by atoms with E-state index in [0.717, 1.165) is 26.8 Å². The molecular formula is C22H23N3O3S. The lowest BCUT2D eigenvalue weighted by Gasteiger charge is -2.19. The molecule has 3 aromatic rings. The molecule has 150 valence electrons. The first-order valence-corrected chi connectivity index (χ1v) is 9.95. The summed E-state index contributed by atoms with van der Waals surface area (Å²) in [5.74, 6) is -0.684. The SMILES string of the molecule is CC(=O)Nc1ccc(-c2csc3c(/C=C(/C(=O)O)C(C)(C)C)cnc(N)c23)cc1. The van der Waals surface area contributed by atoms with Crippen molar-refractivity contribution in [1.82, 2.24) is 4.98 Å². The van der Waals surface area contributed by atoms with Crippen molar-refractivity contribution in [2.45, 2.75) is 27.7 Å². The number of aromatic nitrogens is 1. The Morgan fingerprint density at radius 1 is 1.21 bits per heavy atom. The molecule has 2 aromatic heterocycles. The van der Waals surface area contributed by atoms with Gasteiger partial charge in [-0.15, -0.1) is 11.3 Å². The third-order valence-corrected chi connectivity index (χ3v) is 5.54. The van der Waals surface area contributed by atoms with Crippen molar-refractivity contribution in [3.05, 3.63) is 47.0 Å². The normalized spacial score (nSPS) is 12.2. The van der Waals surface area contributed by atoms with E-state index in [0.29, 0.717) is 17.1 Å². The van der Waals surface area contributed by atoms with Crippen molar-refractivity contribution in [1.29, 1.82) is 0 Å². The predicted molar refractivity (Wildman–Crippen MR) is 119 cm³/mol. The zero-order valence-corrected chi connectivity index (χ0v) is 17.6. The van der Waals surface area contributed by atoms with Gasteiger partial charge in [-0.3, -0.25) is 4.79 Å². The number of carbonyl (C=O) groups is 2. The summed E-state index contributed by atoms with van der Waals surface area (Å²) in [5.41, 5.74) is 9.28. The highest BCUT2D eigenvalue weighted by Crippen LogP contribution is 2.40. The van der Waals surface area contributed by atoms with E-state index in [2.05, 4.69) is 10.3 Å². The van der Waals surface area contributed by atoms with E-state index in [1.165, 1.54) is 18.3 Å². The maximum Gasteiger partial charge on any atom is 0.332 e. The van der Waals surface area contributed by atoms with Crippen molar-refractivity contribution in [3.63, 3.8) is 0 Å². The Morgan fingerprint density at radius 2 is 1.86 bits per heavy atom. The second-order valence-electron chi connectivity index (χ2n) is 7.82. The van der Waals surface area contributed by atoms with Crippen LogP contribution in [0.15, 0.2) is 41.4 Å². The maximum absolute atomic E-state index is 11.7. The minimum absolute atomic E-state index is 0.128.